The van der Waals surface area contributed by atoms with Crippen LogP contribution in [0.1, 0.15) is 40.9 Å². The molecule has 136 valence electrons. The summed E-state index contributed by atoms with van der Waals surface area (Å²) in [6.07, 6.45) is 10.6. The van der Waals surface area contributed by atoms with Gasteiger partial charge in [-0.05, 0) is 67.0 Å². The molecule has 5 rings (SSSR count). The summed E-state index contributed by atoms with van der Waals surface area (Å²) in [5.74, 6) is 0.159. The third-order valence-corrected chi connectivity index (χ3v) is 5.69. The highest BCUT2D eigenvalue weighted by molar-refractivity contribution is 5.95. The minimum Gasteiger partial charge on any atom is -0.332 e. The maximum Gasteiger partial charge on any atom is 0.254 e. The summed E-state index contributed by atoms with van der Waals surface area (Å²) in [5.41, 5.74) is 5.41. The summed E-state index contributed by atoms with van der Waals surface area (Å²) in [4.78, 5) is 19.6. The van der Waals surface area contributed by atoms with E-state index in [0.717, 1.165) is 48.8 Å². The zero-order chi connectivity index (χ0) is 18.2. The molecule has 2 aliphatic rings. The first-order chi connectivity index (χ1) is 13.3. The number of nitrogens with zero attached hydrogens (tertiary/aromatic N) is 3. The number of hydrogen-bond acceptors (Lipinski definition) is 3. The number of fused-ring (bicyclic) bond motifs is 1. The molecule has 0 spiro atoms. The molecule has 1 aromatic carbocycles. The smallest absolute Gasteiger partial charge is 0.254 e. The van der Waals surface area contributed by atoms with Crippen molar-refractivity contribution in [2.24, 2.45) is 0 Å². The molecular weight excluding hydrogens is 336 g/mol. The van der Waals surface area contributed by atoms with E-state index in [9.17, 15) is 4.79 Å². The van der Waals surface area contributed by atoms with Crippen molar-refractivity contribution >= 4 is 5.91 Å². The second-order valence-electron chi connectivity index (χ2n) is 7.53. The topological polar surface area (TPSA) is 61.9 Å². The van der Waals surface area contributed by atoms with Crippen LogP contribution in [-0.2, 0) is 12.8 Å². The Bertz CT molecular complexity index is 944. The first-order valence-corrected chi connectivity index (χ1v) is 9.64. The van der Waals surface area contributed by atoms with Crippen molar-refractivity contribution < 1.29 is 4.79 Å². The Labute approximate surface area is 158 Å². The molecule has 0 radical (unpaired) electrons. The zero-order valence-corrected chi connectivity index (χ0v) is 15.1. The van der Waals surface area contributed by atoms with Crippen molar-refractivity contribution in [2.75, 3.05) is 0 Å². The third kappa shape index (κ3) is 3.14. The van der Waals surface area contributed by atoms with Crippen molar-refractivity contribution in [3.05, 3.63) is 71.8 Å². The average Bonchev–Trinajstić information content (AvgIpc) is 3.44. The van der Waals surface area contributed by atoms with Crippen LogP contribution in [-0.4, -0.2) is 38.1 Å². The van der Waals surface area contributed by atoms with E-state index < -0.39 is 0 Å². The predicted molar refractivity (Wildman–Crippen MR) is 103 cm³/mol. The Balaban J connectivity index is 1.38. The van der Waals surface area contributed by atoms with E-state index in [0.29, 0.717) is 6.04 Å². The molecule has 1 amide bonds. The fourth-order valence-corrected chi connectivity index (χ4v) is 4.10. The van der Waals surface area contributed by atoms with Crippen LogP contribution >= 0.6 is 0 Å². The van der Waals surface area contributed by atoms with Gasteiger partial charge in [-0.15, -0.1) is 0 Å². The van der Waals surface area contributed by atoms with Crippen molar-refractivity contribution in [1.29, 1.82) is 0 Å². The number of hydrogen-bond donors (Lipinski definition) is 1. The molecule has 3 aromatic rings. The number of aryl methyl sites for hydroxylation is 1. The number of aromatic nitrogens is 3. The van der Waals surface area contributed by atoms with Crippen LogP contribution in [0.2, 0.25) is 0 Å². The van der Waals surface area contributed by atoms with E-state index in [4.69, 9.17) is 0 Å². The highest BCUT2D eigenvalue weighted by Gasteiger charge is 2.39. The number of amides is 1. The number of aromatic amines is 1. The van der Waals surface area contributed by atoms with Crippen LogP contribution in [0.25, 0.3) is 11.1 Å². The Kier molecular flexibility index (Phi) is 4.00. The Morgan fingerprint density at radius 2 is 1.85 bits per heavy atom. The monoisotopic (exact) mass is 358 g/mol. The molecule has 1 unspecified atom stereocenters. The number of nitrogens with one attached hydrogen (secondary N) is 1. The molecule has 0 aliphatic heterocycles. The van der Waals surface area contributed by atoms with Crippen molar-refractivity contribution in [3.8, 4) is 11.1 Å². The number of benzene rings is 1. The molecule has 5 heteroatoms. The van der Waals surface area contributed by atoms with Crippen molar-refractivity contribution in [2.45, 2.75) is 44.2 Å². The van der Waals surface area contributed by atoms with Crippen LogP contribution < -0.4 is 0 Å². The highest BCUT2D eigenvalue weighted by Crippen LogP contribution is 2.34. The lowest BCUT2D eigenvalue weighted by atomic mass is 9.91. The fourth-order valence-electron chi connectivity index (χ4n) is 4.10. The van der Waals surface area contributed by atoms with Crippen LogP contribution in [0.4, 0.5) is 0 Å². The van der Waals surface area contributed by atoms with Gasteiger partial charge in [-0.2, -0.15) is 5.10 Å². The average molecular weight is 358 g/mol. The first-order valence-electron chi connectivity index (χ1n) is 9.64. The lowest BCUT2D eigenvalue weighted by Crippen LogP contribution is -2.44. The van der Waals surface area contributed by atoms with E-state index in [2.05, 4.69) is 20.1 Å². The quantitative estimate of drug-likeness (QED) is 0.775. The van der Waals surface area contributed by atoms with Gasteiger partial charge in [0.1, 0.15) is 0 Å². The molecule has 1 saturated carbocycles. The number of carbonyl (C=O) groups excluding carboxylic acids is 1. The van der Waals surface area contributed by atoms with E-state index in [1.807, 2.05) is 48.8 Å². The van der Waals surface area contributed by atoms with E-state index in [-0.39, 0.29) is 11.9 Å². The van der Waals surface area contributed by atoms with Gasteiger partial charge in [0.05, 0.1) is 6.20 Å². The van der Waals surface area contributed by atoms with Gasteiger partial charge in [-0.3, -0.25) is 14.9 Å². The molecule has 2 heterocycles. The van der Waals surface area contributed by atoms with Crippen LogP contribution in [0.3, 0.4) is 0 Å². The van der Waals surface area contributed by atoms with Gasteiger partial charge in [0.2, 0.25) is 0 Å². The van der Waals surface area contributed by atoms with E-state index in [1.54, 1.807) is 6.20 Å². The molecule has 1 atom stereocenters. The zero-order valence-electron chi connectivity index (χ0n) is 15.1. The van der Waals surface area contributed by atoms with Gasteiger partial charge >= 0.3 is 0 Å². The molecule has 1 fully saturated rings. The molecule has 2 aromatic heterocycles. The van der Waals surface area contributed by atoms with Gasteiger partial charge in [-0.1, -0.05) is 18.2 Å². The highest BCUT2D eigenvalue weighted by atomic mass is 16.2. The third-order valence-electron chi connectivity index (χ3n) is 5.69. The van der Waals surface area contributed by atoms with E-state index in [1.165, 1.54) is 11.3 Å². The largest absolute Gasteiger partial charge is 0.332 e. The lowest BCUT2D eigenvalue weighted by Gasteiger charge is -2.34. The van der Waals surface area contributed by atoms with Crippen LogP contribution in [0.15, 0.2) is 55.0 Å². The first kappa shape index (κ1) is 16.2. The molecule has 0 saturated heterocycles. The van der Waals surface area contributed by atoms with Gasteiger partial charge < -0.3 is 4.90 Å². The van der Waals surface area contributed by atoms with Gasteiger partial charge in [0.25, 0.3) is 5.91 Å². The molecule has 2 aliphatic carbocycles. The minimum atomic E-state index is 0.159. The lowest BCUT2D eigenvalue weighted by molar-refractivity contribution is 0.0643. The standard InChI is InChI=1S/C22H22N4O/c27-22(16-5-3-15(4-6-16)17-2-1-11-23-13-17)26(19-7-8-19)20-9-10-21-18(12-20)14-24-25-21/h1-6,11,13-14,19-20H,7-10,12H2,(H,24,25). The van der Waals surface area contributed by atoms with Gasteiger partial charge in [0, 0.05) is 35.7 Å². The summed E-state index contributed by atoms with van der Waals surface area (Å²) in [6, 6.07) is 12.6. The molecule has 27 heavy (non-hydrogen) atoms. The Hall–Kier alpha value is -2.95. The summed E-state index contributed by atoms with van der Waals surface area (Å²) in [5, 5.41) is 7.25. The maximum absolute atomic E-state index is 13.3. The minimum absolute atomic E-state index is 0.159. The second kappa shape index (κ2) is 6.65. The normalized spacial score (nSPS) is 18.7. The number of rotatable bonds is 4. The predicted octanol–water partition coefficient (Wildman–Crippen LogP) is 3.63. The summed E-state index contributed by atoms with van der Waals surface area (Å²) in [6.45, 7) is 0. The summed E-state index contributed by atoms with van der Waals surface area (Å²) < 4.78 is 0. The molecule has 1 N–H and O–H groups in total. The number of carbonyl (C=O) groups is 1. The van der Waals surface area contributed by atoms with Gasteiger partial charge in [0.15, 0.2) is 0 Å². The van der Waals surface area contributed by atoms with E-state index >= 15 is 0 Å². The number of H-pyrrole nitrogens is 1. The van der Waals surface area contributed by atoms with Crippen LogP contribution in [0, 0.1) is 0 Å². The summed E-state index contributed by atoms with van der Waals surface area (Å²) in [7, 11) is 0. The maximum atomic E-state index is 13.3. The second-order valence-corrected chi connectivity index (χ2v) is 7.53. The number of pyridine rings is 1. The van der Waals surface area contributed by atoms with Gasteiger partial charge in [-0.25, -0.2) is 0 Å². The van der Waals surface area contributed by atoms with Crippen LogP contribution in [0.5, 0.6) is 0 Å². The molecular formula is C22H22N4O. The summed E-state index contributed by atoms with van der Waals surface area (Å²) >= 11 is 0. The molecule has 0 bridgehead atoms. The van der Waals surface area contributed by atoms with Crippen molar-refractivity contribution in [3.63, 3.8) is 0 Å². The fraction of sp³-hybridized carbons (Fsp3) is 0.318. The SMILES string of the molecule is O=C(c1ccc(-c2cccnc2)cc1)N(C1CC1)C1CCc2[nH]ncc2C1. The van der Waals surface area contributed by atoms with Crippen molar-refractivity contribution in [1.82, 2.24) is 20.1 Å². The Morgan fingerprint density at radius 3 is 2.59 bits per heavy atom. The molecule has 5 nitrogen and oxygen atoms in total. The Morgan fingerprint density at radius 1 is 1.00 bits per heavy atom.